The molecule has 4 heteroatoms. The van der Waals surface area contributed by atoms with Gasteiger partial charge in [-0.1, -0.05) is 44.7 Å². The maximum Gasteiger partial charge on any atom is 0.130 e. The van der Waals surface area contributed by atoms with E-state index in [-0.39, 0.29) is 0 Å². The van der Waals surface area contributed by atoms with Crippen LogP contribution in [0, 0.1) is 0 Å². The fraction of sp³-hybridized carbons (Fsp3) is 0.375. The monoisotopic (exact) mass is 287 g/mol. The molecule has 0 fully saturated rings. The van der Waals surface area contributed by atoms with Crippen molar-refractivity contribution in [1.82, 2.24) is 9.97 Å². The molecule has 0 atom stereocenters. The summed E-state index contributed by atoms with van der Waals surface area (Å²) in [6, 6.07) is 10.7. The molecule has 0 saturated carbocycles. The Bertz CT molecular complexity index is 538. The average Bonchev–Trinajstić information content (AvgIpc) is 2.46. The van der Waals surface area contributed by atoms with E-state index in [2.05, 4.69) is 60.3 Å². The van der Waals surface area contributed by atoms with Gasteiger partial charge in [0.25, 0.3) is 0 Å². The first-order valence-corrected chi connectivity index (χ1v) is 7.84. The second-order valence-corrected chi connectivity index (χ2v) is 6.09. The van der Waals surface area contributed by atoms with Crippen LogP contribution in [0.2, 0.25) is 0 Å². The number of hydrogen-bond donors (Lipinski definition) is 1. The molecular weight excluding hydrogens is 266 g/mol. The number of nitrogens with one attached hydrogen (secondary N) is 1. The van der Waals surface area contributed by atoms with Crippen molar-refractivity contribution < 1.29 is 0 Å². The molecule has 1 heterocycles. The normalized spacial score (nSPS) is 10.8. The van der Waals surface area contributed by atoms with E-state index < -0.39 is 0 Å². The number of nitrogens with zero attached hydrogens (tertiary/aromatic N) is 2. The minimum Gasteiger partial charge on any atom is -0.370 e. The third-order valence-electron chi connectivity index (χ3n) is 2.97. The van der Waals surface area contributed by atoms with Gasteiger partial charge in [-0.15, -0.1) is 0 Å². The summed E-state index contributed by atoms with van der Waals surface area (Å²) >= 11 is 1.66. The zero-order chi connectivity index (χ0) is 14.4. The minimum atomic E-state index is 0.568. The fourth-order valence-corrected chi connectivity index (χ4v) is 2.57. The molecule has 106 valence electrons. The van der Waals surface area contributed by atoms with E-state index in [1.807, 2.05) is 6.07 Å². The predicted molar refractivity (Wildman–Crippen MR) is 85.5 cm³/mol. The van der Waals surface area contributed by atoms with Crippen LogP contribution in [-0.4, -0.2) is 16.5 Å². The van der Waals surface area contributed by atoms with Crippen LogP contribution in [-0.2, 0) is 0 Å². The maximum absolute atomic E-state index is 4.31. The summed E-state index contributed by atoms with van der Waals surface area (Å²) in [6.45, 7) is 7.49. The summed E-state index contributed by atoms with van der Waals surface area (Å²) < 4.78 is 0. The topological polar surface area (TPSA) is 37.8 Å². The van der Waals surface area contributed by atoms with Gasteiger partial charge in [0, 0.05) is 17.5 Å². The van der Waals surface area contributed by atoms with Crippen LogP contribution in [0.25, 0.3) is 0 Å². The van der Waals surface area contributed by atoms with Crippen LogP contribution in [0.15, 0.2) is 46.6 Å². The van der Waals surface area contributed by atoms with Gasteiger partial charge in [-0.2, -0.15) is 0 Å². The van der Waals surface area contributed by atoms with Gasteiger partial charge in [-0.05, 0) is 30.0 Å². The van der Waals surface area contributed by atoms with Crippen molar-refractivity contribution in [2.24, 2.45) is 0 Å². The second kappa shape index (κ2) is 7.29. The summed E-state index contributed by atoms with van der Waals surface area (Å²) in [6.07, 6.45) is 2.70. The molecule has 3 nitrogen and oxygen atoms in total. The van der Waals surface area contributed by atoms with Gasteiger partial charge >= 0.3 is 0 Å². The molecular formula is C16H21N3S. The van der Waals surface area contributed by atoms with Crippen molar-refractivity contribution in [2.75, 3.05) is 11.9 Å². The molecule has 0 aliphatic heterocycles. The van der Waals surface area contributed by atoms with Crippen LogP contribution in [0.5, 0.6) is 0 Å². The molecule has 1 aromatic carbocycles. The predicted octanol–water partition coefficient (Wildman–Crippen LogP) is 4.57. The first kappa shape index (κ1) is 14.9. The number of rotatable bonds is 6. The summed E-state index contributed by atoms with van der Waals surface area (Å²) in [7, 11) is 0. The van der Waals surface area contributed by atoms with E-state index in [4.69, 9.17) is 0 Å². The Morgan fingerprint density at radius 2 is 1.90 bits per heavy atom. The quantitative estimate of drug-likeness (QED) is 0.790. The van der Waals surface area contributed by atoms with Gasteiger partial charge in [-0.25, -0.2) is 9.97 Å². The largest absolute Gasteiger partial charge is 0.370 e. The molecule has 0 amide bonds. The Balaban J connectivity index is 2.05. The van der Waals surface area contributed by atoms with Crippen molar-refractivity contribution in [3.63, 3.8) is 0 Å². The lowest BCUT2D eigenvalue weighted by molar-refractivity contribution is 0.865. The molecule has 0 saturated heterocycles. The van der Waals surface area contributed by atoms with Crippen LogP contribution in [0.3, 0.4) is 0 Å². The van der Waals surface area contributed by atoms with E-state index in [1.165, 1.54) is 10.5 Å². The van der Waals surface area contributed by atoms with Crippen molar-refractivity contribution >= 4 is 17.6 Å². The van der Waals surface area contributed by atoms with Gasteiger partial charge in [0.1, 0.15) is 17.2 Å². The van der Waals surface area contributed by atoms with Gasteiger partial charge < -0.3 is 5.32 Å². The van der Waals surface area contributed by atoms with Crippen LogP contribution in [0.1, 0.15) is 38.7 Å². The molecule has 0 unspecified atom stereocenters. The molecule has 0 spiro atoms. The Kier molecular flexibility index (Phi) is 5.41. The Morgan fingerprint density at radius 3 is 2.55 bits per heavy atom. The summed E-state index contributed by atoms with van der Waals surface area (Å²) in [5.41, 5.74) is 1.36. The minimum absolute atomic E-state index is 0.568. The summed E-state index contributed by atoms with van der Waals surface area (Å²) in [5, 5.41) is 4.25. The fourth-order valence-electron chi connectivity index (χ4n) is 1.79. The SMILES string of the molecule is CCCNc1cc(Sc2ccc(C(C)C)cc2)ncn1. The van der Waals surface area contributed by atoms with E-state index in [1.54, 1.807) is 18.1 Å². The lowest BCUT2D eigenvalue weighted by Gasteiger charge is -2.07. The van der Waals surface area contributed by atoms with Crippen LogP contribution in [0.4, 0.5) is 5.82 Å². The third-order valence-corrected chi connectivity index (χ3v) is 3.91. The molecule has 0 aliphatic rings. The van der Waals surface area contributed by atoms with Crippen molar-refractivity contribution in [1.29, 1.82) is 0 Å². The molecule has 1 aromatic heterocycles. The summed E-state index contributed by atoms with van der Waals surface area (Å²) in [5.74, 6) is 1.46. The Labute approximate surface area is 125 Å². The number of anilines is 1. The van der Waals surface area contributed by atoms with Crippen molar-refractivity contribution in [3.05, 3.63) is 42.2 Å². The molecule has 0 bridgehead atoms. The highest BCUT2D eigenvalue weighted by Crippen LogP contribution is 2.28. The van der Waals surface area contributed by atoms with E-state index in [9.17, 15) is 0 Å². The molecule has 1 N–H and O–H groups in total. The standard InChI is InChI=1S/C16H21N3S/c1-4-9-17-15-10-16(19-11-18-15)20-14-7-5-13(6-8-14)12(2)3/h5-8,10-12H,4,9H2,1-3H3,(H,17,18,19). The average molecular weight is 287 g/mol. The Hall–Kier alpha value is -1.55. The number of aromatic nitrogens is 2. The zero-order valence-corrected chi connectivity index (χ0v) is 13.1. The lowest BCUT2D eigenvalue weighted by Crippen LogP contribution is -2.02. The second-order valence-electron chi connectivity index (χ2n) is 4.99. The first-order chi connectivity index (χ1) is 9.69. The number of hydrogen-bond acceptors (Lipinski definition) is 4. The Morgan fingerprint density at radius 1 is 1.15 bits per heavy atom. The summed E-state index contributed by atoms with van der Waals surface area (Å²) in [4.78, 5) is 9.74. The van der Waals surface area contributed by atoms with Crippen LogP contribution >= 0.6 is 11.8 Å². The smallest absolute Gasteiger partial charge is 0.130 e. The van der Waals surface area contributed by atoms with Gasteiger partial charge in [0.15, 0.2) is 0 Å². The van der Waals surface area contributed by atoms with E-state index >= 15 is 0 Å². The first-order valence-electron chi connectivity index (χ1n) is 7.02. The van der Waals surface area contributed by atoms with Crippen LogP contribution < -0.4 is 5.32 Å². The zero-order valence-electron chi connectivity index (χ0n) is 12.3. The van der Waals surface area contributed by atoms with E-state index in [0.717, 1.165) is 23.8 Å². The van der Waals surface area contributed by atoms with Crippen molar-refractivity contribution in [3.8, 4) is 0 Å². The molecule has 20 heavy (non-hydrogen) atoms. The highest BCUT2D eigenvalue weighted by Gasteiger charge is 2.03. The highest BCUT2D eigenvalue weighted by molar-refractivity contribution is 7.99. The van der Waals surface area contributed by atoms with Gasteiger partial charge in [0.2, 0.25) is 0 Å². The molecule has 0 radical (unpaired) electrons. The van der Waals surface area contributed by atoms with Crippen molar-refractivity contribution in [2.45, 2.75) is 43.0 Å². The molecule has 0 aliphatic carbocycles. The van der Waals surface area contributed by atoms with Gasteiger partial charge in [-0.3, -0.25) is 0 Å². The number of benzene rings is 1. The third kappa shape index (κ3) is 4.23. The maximum atomic E-state index is 4.31. The molecule has 2 aromatic rings. The van der Waals surface area contributed by atoms with E-state index in [0.29, 0.717) is 5.92 Å². The molecule has 2 rings (SSSR count). The van der Waals surface area contributed by atoms with Gasteiger partial charge in [0.05, 0.1) is 0 Å². The lowest BCUT2D eigenvalue weighted by atomic mass is 10.0. The highest BCUT2D eigenvalue weighted by atomic mass is 32.2.